The predicted molar refractivity (Wildman–Crippen MR) is 134 cm³/mol. The van der Waals surface area contributed by atoms with Gasteiger partial charge in [0.05, 0.1) is 26.2 Å². The summed E-state index contributed by atoms with van der Waals surface area (Å²) in [4.78, 5) is 33.5. The minimum absolute atomic E-state index is 0.211. The Bertz CT molecular complexity index is 1200. The van der Waals surface area contributed by atoms with Crippen LogP contribution < -0.4 is 4.74 Å². The maximum Gasteiger partial charge on any atom is 0.310 e. The van der Waals surface area contributed by atoms with Crippen LogP contribution in [0.15, 0.2) is 59.2 Å². The lowest BCUT2D eigenvalue weighted by molar-refractivity contribution is -0.149. The van der Waals surface area contributed by atoms with Gasteiger partial charge in [0.15, 0.2) is 5.69 Å². The molecule has 0 radical (unpaired) electrons. The summed E-state index contributed by atoms with van der Waals surface area (Å²) in [5.74, 6) is 0.00912. The highest BCUT2D eigenvalue weighted by molar-refractivity contribution is 5.92. The number of hydrogen-bond acceptors (Lipinski definition) is 7. The zero-order valence-corrected chi connectivity index (χ0v) is 21.2. The lowest BCUT2D eigenvalue weighted by Gasteiger charge is -2.30. The number of halogens is 1. The summed E-state index contributed by atoms with van der Waals surface area (Å²) in [5.41, 5.74) is 2.18. The molecule has 1 aliphatic rings. The highest BCUT2D eigenvalue weighted by atomic mass is 19.1. The smallest absolute Gasteiger partial charge is 0.310 e. The Morgan fingerprint density at radius 3 is 2.68 bits per heavy atom. The summed E-state index contributed by atoms with van der Waals surface area (Å²) in [5, 5.41) is 0. The number of methoxy groups -OCH3 is 1. The molecule has 37 heavy (non-hydrogen) atoms. The molecule has 0 N–H and O–H groups in total. The molecule has 1 amide bonds. The minimum Gasteiger partial charge on any atom is -0.497 e. The van der Waals surface area contributed by atoms with Crippen molar-refractivity contribution in [2.45, 2.75) is 39.4 Å². The summed E-state index contributed by atoms with van der Waals surface area (Å²) in [7, 11) is 1.62. The first-order valence-corrected chi connectivity index (χ1v) is 12.4. The molecule has 0 aliphatic carbocycles. The third-order valence-electron chi connectivity index (χ3n) is 6.32. The zero-order chi connectivity index (χ0) is 26.2. The summed E-state index contributed by atoms with van der Waals surface area (Å²) in [6, 6.07) is 14.1. The lowest BCUT2D eigenvalue weighted by Crippen LogP contribution is -2.43. The Hall–Kier alpha value is -3.72. The van der Waals surface area contributed by atoms with E-state index in [-0.39, 0.29) is 29.3 Å². The van der Waals surface area contributed by atoms with Gasteiger partial charge in [-0.05, 0) is 55.2 Å². The average Bonchev–Trinajstić information content (AvgIpc) is 3.38. The molecule has 1 aromatic heterocycles. The highest BCUT2D eigenvalue weighted by Gasteiger charge is 2.31. The largest absolute Gasteiger partial charge is 0.497 e. The number of carbonyl (C=O) groups is 2. The Balaban J connectivity index is 1.46. The van der Waals surface area contributed by atoms with Gasteiger partial charge >= 0.3 is 5.97 Å². The fourth-order valence-corrected chi connectivity index (χ4v) is 4.49. The Morgan fingerprint density at radius 1 is 1.14 bits per heavy atom. The minimum atomic E-state index is -0.321. The molecule has 196 valence electrons. The molecule has 0 bridgehead atoms. The first-order valence-electron chi connectivity index (χ1n) is 12.4. The SMILES string of the molecule is CCOC(=O)C1CCCN(C(=O)c2coc(CN(Cc3ccc(F)cc3)Cc3cccc(OC)c3)n2)C1. The molecule has 8 nitrogen and oxygen atoms in total. The van der Waals surface area contributed by atoms with Crippen LogP contribution >= 0.6 is 0 Å². The van der Waals surface area contributed by atoms with Gasteiger partial charge in [-0.1, -0.05) is 24.3 Å². The van der Waals surface area contributed by atoms with Gasteiger partial charge in [-0.25, -0.2) is 9.37 Å². The Labute approximate surface area is 216 Å². The number of nitrogens with zero attached hydrogens (tertiary/aromatic N) is 3. The van der Waals surface area contributed by atoms with Crippen LogP contribution in [0.3, 0.4) is 0 Å². The second kappa shape index (κ2) is 12.5. The van der Waals surface area contributed by atoms with Crippen molar-refractivity contribution in [1.82, 2.24) is 14.8 Å². The second-order valence-corrected chi connectivity index (χ2v) is 9.09. The molecule has 2 aromatic carbocycles. The van der Waals surface area contributed by atoms with E-state index in [1.54, 1.807) is 31.1 Å². The first kappa shape index (κ1) is 26.3. The molecule has 4 rings (SSSR count). The van der Waals surface area contributed by atoms with Crippen LogP contribution in [-0.4, -0.2) is 53.5 Å². The van der Waals surface area contributed by atoms with Crippen molar-refractivity contribution in [2.24, 2.45) is 5.92 Å². The summed E-state index contributed by atoms with van der Waals surface area (Å²) >= 11 is 0. The number of oxazole rings is 1. The van der Waals surface area contributed by atoms with Crippen molar-refractivity contribution in [1.29, 1.82) is 0 Å². The Kier molecular flexibility index (Phi) is 8.90. The van der Waals surface area contributed by atoms with Crippen LogP contribution in [0.4, 0.5) is 4.39 Å². The molecular formula is C28H32FN3O5. The molecule has 9 heteroatoms. The Morgan fingerprint density at radius 2 is 1.92 bits per heavy atom. The molecule has 1 atom stereocenters. The summed E-state index contributed by atoms with van der Waals surface area (Å²) < 4.78 is 29.6. The van der Waals surface area contributed by atoms with Crippen LogP contribution in [0.25, 0.3) is 0 Å². The van der Waals surface area contributed by atoms with Gasteiger partial charge in [0.1, 0.15) is 17.8 Å². The van der Waals surface area contributed by atoms with Gasteiger partial charge in [0.25, 0.3) is 5.91 Å². The predicted octanol–water partition coefficient (Wildman–Crippen LogP) is 4.44. The third-order valence-corrected chi connectivity index (χ3v) is 6.32. The highest BCUT2D eigenvalue weighted by Crippen LogP contribution is 2.21. The van der Waals surface area contributed by atoms with Crippen LogP contribution in [-0.2, 0) is 29.2 Å². The monoisotopic (exact) mass is 509 g/mol. The molecule has 0 spiro atoms. The molecule has 3 aromatic rings. The van der Waals surface area contributed by atoms with Crippen molar-refractivity contribution < 1.29 is 27.9 Å². The van der Waals surface area contributed by atoms with Crippen molar-refractivity contribution in [3.63, 3.8) is 0 Å². The number of likely N-dealkylation sites (tertiary alicyclic amines) is 1. The van der Waals surface area contributed by atoms with Gasteiger partial charge in [0.2, 0.25) is 5.89 Å². The van der Waals surface area contributed by atoms with Crippen LogP contribution in [0, 0.1) is 11.7 Å². The lowest BCUT2D eigenvalue weighted by atomic mass is 9.98. The number of piperidine rings is 1. The van der Waals surface area contributed by atoms with Crippen molar-refractivity contribution in [3.8, 4) is 5.75 Å². The maximum atomic E-state index is 13.4. The average molecular weight is 510 g/mol. The molecule has 2 heterocycles. The number of hydrogen-bond donors (Lipinski definition) is 0. The number of amides is 1. The molecule has 1 unspecified atom stereocenters. The van der Waals surface area contributed by atoms with Crippen LogP contribution in [0.5, 0.6) is 5.75 Å². The molecular weight excluding hydrogens is 477 g/mol. The van der Waals surface area contributed by atoms with E-state index in [9.17, 15) is 14.0 Å². The van der Waals surface area contributed by atoms with E-state index < -0.39 is 0 Å². The number of aromatic nitrogens is 1. The van der Waals surface area contributed by atoms with Gasteiger partial charge < -0.3 is 18.8 Å². The number of ether oxygens (including phenoxy) is 2. The van der Waals surface area contributed by atoms with Crippen LogP contribution in [0.2, 0.25) is 0 Å². The fraction of sp³-hybridized carbons (Fsp3) is 0.393. The second-order valence-electron chi connectivity index (χ2n) is 9.09. The fourth-order valence-electron chi connectivity index (χ4n) is 4.49. The van der Waals surface area contributed by atoms with Gasteiger partial charge in [-0.15, -0.1) is 0 Å². The van der Waals surface area contributed by atoms with E-state index >= 15 is 0 Å². The standard InChI is InChI=1S/C28H32FN3O5/c1-3-36-28(34)22-7-5-13-32(17-22)27(33)25-19-37-26(30-25)18-31(15-20-9-11-23(29)12-10-20)16-21-6-4-8-24(14-21)35-2/h4,6,8-12,14,19,22H,3,5,7,13,15-18H2,1-2H3. The molecule has 1 saturated heterocycles. The van der Waals surface area contributed by atoms with E-state index in [1.807, 2.05) is 24.3 Å². The number of rotatable bonds is 10. The number of esters is 1. The maximum absolute atomic E-state index is 13.4. The quantitative estimate of drug-likeness (QED) is 0.374. The van der Waals surface area contributed by atoms with Crippen LogP contribution in [0.1, 0.15) is 47.3 Å². The molecule has 1 aliphatic heterocycles. The van der Waals surface area contributed by atoms with E-state index in [0.717, 1.165) is 23.3 Å². The van der Waals surface area contributed by atoms with Gasteiger partial charge in [0, 0.05) is 26.2 Å². The van der Waals surface area contributed by atoms with Crippen molar-refractivity contribution in [3.05, 3.63) is 83.3 Å². The van der Waals surface area contributed by atoms with Gasteiger partial charge in [-0.3, -0.25) is 14.5 Å². The summed E-state index contributed by atoms with van der Waals surface area (Å²) in [6.45, 7) is 4.39. The molecule has 1 fully saturated rings. The zero-order valence-electron chi connectivity index (χ0n) is 21.2. The van der Waals surface area contributed by atoms with E-state index in [0.29, 0.717) is 51.6 Å². The van der Waals surface area contributed by atoms with E-state index in [1.165, 1.54) is 18.4 Å². The van der Waals surface area contributed by atoms with E-state index in [2.05, 4.69) is 9.88 Å². The van der Waals surface area contributed by atoms with E-state index in [4.69, 9.17) is 13.9 Å². The topological polar surface area (TPSA) is 85.1 Å². The molecule has 0 saturated carbocycles. The first-order chi connectivity index (χ1) is 17.9. The van der Waals surface area contributed by atoms with Crippen molar-refractivity contribution in [2.75, 3.05) is 26.8 Å². The third kappa shape index (κ3) is 7.16. The summed E-state index contributed by atoms with van der Waals surface area (Å²) in [6.07, 6.45) is 2.80. The number of carbonyl (C=O) groups excluding carboxylic acids is 2. The number of benzene rings is 2. The van der Waals surface area contributed by atoms with Gasteiger partial charge in [-0.2, -0.15) is 0 Å². The van der Waals surface area contributed by atoms with Crippen molar-refractivity contribution >= 4 is 11.9 Å². The normalized spacial score (nSPS) is 15.6.